The molecule has 0 bridgehead atoms. The molecule has 0 aliphatic rings. The molecular weight excluding hydrogens is 284 g/mol. The number of thiazole rings is 1. The molecule has 6 heteroatoms. The number of pyridine rings is 1. The van der Waals surface area contributed by atoms with Crippen LogP contribution in [0.25, 0.3) is 32.2 Å². The number of hydrogen-bond donors (Lipinski definition) is 0. The average molecular weight is 296 g/mol. The van der Waals surface area contributed by atoms with E-state index in [0.717, 1.165) is 38.0 Å². The predicted molar refractivity (Wildman–Crippen MR) is 83.7 cm³/mol. The summed E-state index contributed by atoms with van der Waals surface area (Å²) in [5, 5.41) is 0.888. The minimum atomic E-state index is 0.742. The Bertz CT molecular complexity index is 957. The molecule has 0 aliphatic carbocycles. The summed E-state index contributed by atoms with van der Waals surface area (Å²) in [6.07, 6.45) is 1.75. The smallest absolute Gasteiger partial charge is 0.178 e. The van der Waals surface area contributed by atoms with Crippen molar-refractivity contribution in [2.45, 2.75) is 0 Å². The minimum absolute atomic E-state index is 0.742. The van der Waals surface area contributed by atoms with E-state index in [1.165, 1.54) is 0 Å². The summed E-state index contributed by atoms with van der Waals surface area (Å²) in [5.74, 6) is 1.67. The predicted octanol–water partition coefficient (Wildman–Crippen LogP) is 3.25. The van der Waals surface area contributed by atoms with Crippen molar-refractivity contribution in [1.29, 1.82) is 0 Å². The lowest BCUT2D eigenvalue weighted by Gasteiger charge is -1.96. The number of benzene rings is 1. The van der Waals surface area contributed by atoms with Crippen LogP contribution in [-0.4, -0.2) is 26.6 Å². The zero-order valence-electron chi connectivity index (χ0n) is 11.6. The minimum Gasteiger partial charge on any atom is -0.497 e. The van der Waals surface area contributed by atoms with Gasteiger partial charge < -0.3 is 9.30 Å². The lowest BCUT2D eigenvalue weighted by Crippen LogP contribution is -1.91. The zero-order chi connectivity index (χ0) is 14.4. The van der Waals surface area contributed by atoms with Crippen molar-refractivity contribution in [3.05, 3.63) is 36.5 Å². The number of imidazole rings is 1. The maximum absolute atomic E-state index is 5.26. The van der Waals surface area contributed by atoms with E-state index in [1.807, 2.05) is 41.9 Å². The SMILES string of the molecule is COc1ccc2nc(-c3nc4ncccc4n3C)sc2c1. The molecule has 0 spiro atoms. The van der Waals surface area contributed by atoms with Crippen molar-refractivity contribution in [3.8, 4) is 16.6 Å². The standard InChI is InChI=1S/C15H12N4OS/c1-19-11-4-3-7-16-13(11)18-14(19)15-17-10-6-5-9(20-2)8-12(10)21-15/h3-8H,1-2H3. The molecule has 0 fully saturated rings. The molecule has 0 radical (unpaired) electrons. The molecule has 0 atom stereocenters. The molecule has 0 amide bonds. The van der Waals surface area contributed by atoms with E-state index in [9.17, 15) is 0 Å². The summed E-state index contributed by atoms with van der Waals surface area (Å²) < 4.78 is 8.37. The number of fused-ring (bicyclic) bond motifs is 2. The summed E-state index contributed by atoms with van der Waals surface area (Å²) in [7, 11) is 3.65. The fourth-order valence-corrected chi connectivity index (χ4v) is 3.36. The normalized spacial score (nSPS) is 11.3. The van der Waals surface area contributed by atoms with Gasteiger partial charge >= 0.3 is 0 Å². The summed E-state index contributed by atoms with van der Waals surface area (Å²) in [4.78, 5) is 13.5. The fourth-order valence-electron chi connectivity index (χ4n) is 2.34. The van der Waals surface area contributed by atoms with Crippen molar-refractivity contribution in [2.75, 3.05) is 7.11 Å². The van der Waals surface area contributed by atoms with Gasteiger partial charge in [0.05, 0.1) is 22.8 Å². The third-order valence-electron chi connectivity index (χ3n) is 3.44. The molecule has 0 unspecified atom stereocenters. The maximum Gasteiger partial charge on any atom is 0.178 e. The highest BCUT2D eigenvalue weighted by atomic mass is 32.1. The molecule has 5 nitrogen and oxygen atoms in total. The van der Waals surface area contributed by atoms with Gasteiger partial charge in [0.25, 0.3) is 0 Å². The molecular formula is C15H12N4OS. The quantitative estimate of drug-likeness (QED) is 0.570. The molecule has 0 saturated heterocycles. The first-order chi connectivity index (χ1) is 10.3. The lowest BCUT2D eigenvalue weighted by molar-refractivity contribution is 0.415. The Morgan fingerprint density at radius 3 is 2.90 bits per heavy atom. The Morgan fingerprint density at radius 2 is 2.10 bits per heavy atom. The van der Waals surface area contributed by atoms with Gasteiger partial charge in [0.1, 0.15) is 5.75 Å². The van der Waals surface area contributed by atoms with Crippen molar-refractivity contribution in [1.82, 2.24) is 19.5 Å². The number of rotatable bonds is 2. The van der Waals surface area contributed by atoms with Crippen LogP contribution in [0.3, 0.4) is 0 Å². The monoisotopic (exact) mass is 296 g/mol. The molecule has 104 valence electrons. The van der Waals surface area contributed by atoms with Crippen LogP contribution >= 0.6 is 11.3 Å². The van der Waals surface area contributed by atoms with Crippen LogP contribution in [0.4, 0.5) is 0 Å². The number of aromatic nitrogens is 4. The third kappa shape index (κ3) is 1.87. The van der Waals surface area contributed by atoms with Gasteiger partial charge in [-0.25, -0.2) is 15.0 Å². The van der Waals surface area contributed by atoms with Gasteiger partial charge in [0, 0.05) is 13.2 Å². The van der Waals surface area contributed by atoms with E-state index in [2.05, 4.69) is 15.0 Å². The Morgan fingerprint density at radius 1 is 1.19 bits per heavy atom. The number of methoxy groups -OCH3 is 1. The Balaban J connectivity index is 1.93. The Hall–Kier alpha value is -2.47. The maximum atomic E-state index is 5.26. The number of ether oxygens (including phenoxy) is 1. The van der Waals surface area contributed by atoms with E-state index in [4.69, 9.17) is 4.74 Å². The van der Waals surface area contributed by atoms with Crippen molar-refractivity contribution < 1.29 is 4.74 Å². The molecule has 21 heavy (non-hydrogen) atoms. The van der Waals surface area contributed by atoms with Crippen LogP contribution in [0.5, 0.6) is 5.75 Å². The largest absolute Gasteiger partial charge is 0.497 e. The van der Waals surface area contributed by atoms with Crippen molar-refractivity contribution in [3.63, 3.8) is 0 Å². The van der Waals surface area contributed by atoms with E-state index in [0.29, 0.717) is 0 Å². The van der Waals surface area contributed by atoms with Gasteiger partial charge in [-0.2, -0.15) is 0 Å². The molecule has 4 aromatic rings. The van der Waals surface area contributed by atoms with Gasteiger partial charge in [-0.05, 0) is 30.3 Å². The van der Waals surface area contributed by atoms with Crippen LogP contribution in [0, 0.1) is 0 Å². The molecule has 3 aromatic heterocycles. The number of aryl methyl sites for hydroxylation is 1. The summed E-state index contributed by atoms with van der Waals surface area (Å²) >= 11 is 1.61. The summed E-state index contributed by atoms with van der Waals surface area (Å²) in [6.45, 7) is 0. The van der Waals surface area contributed by atoms with E-state index in [-0.39, 0.29) is 0 Å². The topological polar surface area (TPSA) is 52.8 Å². The Labute approximate surface area is 124 Å². The second-order valence-electron chi connectivity index (χ2n) is 4.69. The average Bonchev–Trinajstić information content (AvgIpc) is 3.08. The molecule has 1 aromatic carbocycles. The van der Waals surface area contributed by atoms with E-state index >= 15 is 0 Å². The lowest BCUT2D eigenvalue weighted by atomic mass is 10.3. The van der Waals surface area contributed by atoms with Crippen LogP contribution in [0.15, 0.2) is 36.5 Å². The first-order valence-corrected chi connectivity index (χ1v) is 7.30. The van der Waals surface area contributed by atoms with Gasteiger partial charge in [-0.15, -0.1) is 11.3 Å². The molecule has 0 aliphatic heterocycles. The second-order valence-corrected chi connectivity index (χ2v) is 5.72. The number of nitrogens with zero attached hydrogens (tertiary/aromatic N) is 4. The molecule has 0 saturated carbocycles. The summed E-state index contributed by atoms with van der Waals surface area (Å²) in [5.41, 5.74) is 2.70. The highest BCUT2D eigenvalue weighted by Crippen LogP contribution is 2.32. The summed E-state index contributed by atoms with van der Waals surface area (Å²) in [6, 6.07) is 9.81. The first kappa shape index (κ1) is 12.3. The molecule has 3 heterocycles. The third-order valence-corrected chi connectivity index (χ3v) is 4.46. The molecule has 4 rings (SSSR count). The van der Waals surface area contributed by atoms with Gasteiger partial charge in [0.15, 0.2) is 16.5 Å². The first-order valence-electron chi connectivity index (χ1n) is 6.48. The van der Waals surface area contributed by atoms with Gasteiger partial charge in [0.2, 0.25) is 0 Å². The van der Waals surface area contributed by atoms with Gasteiger partial charge in [-0.3, -0.25) is 0 Å². The Kier molecular flexibility index (Phi) is 2.65. The van der Waals surface area contributed by atoms with E-state index < -0.39 is 0 Å². The highest BCUT2D eigenvalue weighted by molar-refractivity contribution is 7.21. The fraction of sp³-hybridized carbons (Fsp3) is 0.133. The van der Waals surface area contributed by atoms with Crippen LogP contribution in [-0.2, 0) is 7.05 Å². The van der Waals surface area contributed by atoms with Crippen LogP contribution in [0.2, 0.25) is 0 Å². The van der Waals surface area contributed by atoms with Crippen molar-refractivity contribution in [2.24, 2.45) is 7.05 Å². The van der Waals surface area contributed by atoms with Crippen LogP contribution < -0.4 is 4.74 Å². The highest BCUT2D eigenvalue weighted by Gasteiger charge is 2.14. The van der Waals surface area contributed by atoms with Crippen molar-refractivity contribution >= 4 is 32.7 Å². The second kappa shape index (κ2) is 4.53. The zero-order valence-corrected chi connectivity index (χ0v) is 12.4. The van der Waals surface area contributed by atoms with Gasteiger partial charge in [-0.1, -0.05) is 0 Å². The van der Waals surface area contributed by atoms with E-state index in [1.54, 1.807) is 24.6 Å². The van der Waals surface area contributed by atoms with Crippen LogP contribution in [0.1, 0.15) is 0 Å². The molecule has 0 N–H and O–H groups in total. The number of hydrogen-bond acceptors (Lipinski definition) is 5.